The summed E-state index contributed by atoms with van der Waals surface area (Å²) in [6.07, 6.45) is -0.439. The van der Waals surface area contributed by atoms with E-state index in [0.717, 1.165) is 0 Å². The maximum atomic E-state index is 10.0. The Balaban J connectivity index is 3.16. The molecule has 0 aromatic rings. The topological polar surface area (TPSA) is 83.6 Å². The van der Waals surface area contributed by atoms with E-state index in [9.17, 15) is 4.79 Å². The van der Waals surface area contributed by atoms with Crippen LogP contribution in [0.4, 0.5) is 0 Å². The van der Waals surface area contributed by atoms with Crippen LogP contribution in [0.15, 0.2) is 0 Å². The molecule has 4 heteroatoms. The summed E-state index contributed by atoms with van der Waals surface area (Å²) in [4.78, 5) is 10.0. The summed E-state index contributed by atoms with van der Waals surface area (Å²) in [5.41, 5.74) is 4.76. The molecule has 0 rings (SSSR count). The van der Waals surface area contributed by atoms with Crippen LogP contribution in [0, 0.1) is 0 Å². The van der Waals surface area contributed by atoms with Gasteiger partial charge in [-0.2, -0.15) is 0 Å². The SMILES string of the molecule is NC(=O)CC[C@@H](O)CO. The number of carbonyl (C=O) groups excluding carboxylic acids is 1. The molecule has 0 aliphatic carbocycles. The van der Waals surface area contributed by atoms with E-state index in [1.165, 1.54) is 0 Å². The number of aliphatic hydroxyl groups is 2. The quantitative estimate of drug-likeness (QED) is 0.441. The van der Waals surface area contributed by atoms with E-state index in [-0.39, 0.29) is 19.4 Å². The van der Waals surface area contributed by atoms with Crippen LogP contribution in [0.25, 0.3) is 0 Å². The lowest BCUT2D eigenvalue weighted by molar-refractivity contribution is -0.118. The number of rotatable bonds is 4. The van der Waals surface area contributed by atoms with Gasteiger partial charge in [0.05, 0.1) is 12.7 Å². The average molecular weight is 133 g/mol. The lowest BCUT2D eigenvalue weighted by Crippen LogP contribution is -2.17. The third kappa shape index (κ3) is 5.26. The number of amides is 1. The van der Waals surface area contributed by atoms with Gasteiger partial charge in [0, 0.05) is 6.42 Å². The second-order valence-corrected chi connectivity index (χ2v) is 1.84. The van der Waals surface area contributed by atoms with Gasteiger partial charge in [0.2, 0.25) is 5.91 Å². The van der Waals surface area contributed by atoms with Gasteiger partial charge < -0.3 is 15.9 Å². The van der Waals surface area contributed by atoms with Crippen molar-refractivity contribution in [2.45, 2.75) is 18.9 Å². The first-order valence-corrected chi connectivity index (χ1v) is 2.74. The number of nitrogens with two attached hydrogens (primary N) is 1. The normalized spacial score (nSPS) is 13.1. The molecule has 0 aliphatic heterocycles. The van der Waals surface area contributed by atoms with Gasteiger partial charge in [0.1, 0.15) is 0 Å². The highest BCUT2D eigenvalue weighted by Gasteiger charge is 2.02. The summed E-state index contributed by atoms with van der Waals surface area (Å²) in [5, 5.41) is 16.9. The Morgan fingerprint density at radius 3 is 2.56 bits per heavy atom. The summed E-state index contributed by atoms with van der Waals surface area (Å²) in [6.45, 7) is -0.312. The summed E-state index contributed by atoms with van der Waals surface area (Å²) in [6, 6.07) is 0. The van der Waals surface area contributed by atoms with Crippen molar-refractivity contribution >= 4 is 5.91 Å². The van der Waals surface area contributed by atoms with Gasteiger partial charge in [-0.25, -0.2) is 0 Å². The van der Waals surface area contributed by atoms with Gasteiger partial charge in [-0.05, 0) is 6.42 Å². The van der Waals surface area contributed by atoms with E-state index in [1.807, 2.05) is 0 Å². The molecule has 0 saturated carbocycles. The van der Waals surface area contributed by atoms with Crippen LogP contribution in [0.1, 0.15) is 12.8 Å². The second-order valence-electron chi connectivity index (χ2n) is 1.84. The molecule has 0 radical (unpaired) electrons. The lowest BCUT2D eigenvalue weighted by atomic mass is 10.2. The minimum absolute atomic E-state index is 0.127. The fraction of sp³-hybridized carbons (Fsp3) is 0.800. The van der Waals surface area contributed by atoms with Crippen LogP contribution in [0.2, 0.25) is 0 Å². The van der Waals surface area contributed by atoms with Crippen molar-refractivity contribution < 1.29 is 15.0 Å². The van der Waals surface area contributed by atoms with Crippen LogP contribution < -0.4 is 5.73 Å². The van der Waals surface area contributed by atoms with Crippen LogP contribution >= 0.6 is 0 Å². The zero-order valence-corrected chi connectivity index (χ0v) is 5.08. The molecule has 0 bridgehead atoms. The van der Waals surface area contributed by atoms with Crippen molar-refractivity contribution in [3.8, 4) is 0 Å². The Kier molecular flexibility index (Phi) is 4.00. The lowest BCUT2D eigenvalue weighted by Gasteiger charge is -2.02. The predicted molar refractivity (Wildman–Crippen MR) is 31.5 cm³/mol. The molecular formula is C5H11NO3. The zero-order valence-electron chi connectivity index (χ0n) is 5.08. The minimum atomic E-state index is -0.808. The van der Waals surface area contributed by atoms with Crippen molar-refractivity contribution in [2.24, 2.45) is 5.73 Å². The van der Waals surface area contributed by atoms with Crippen molar-refractivity contribution in [1.29, 1.82) is 0 Å². The first-order chi connectivity index (χ1) is 4.16. The largest absolute Gasteiger partial charge is 0.394 e. The highest BCUT2D eigenvalue weighted by molar-refractivity contribution is 5.73. The van der Waals surface area contributed by atoms with Gasteiger partial charge in [-0.3, -0.25) is 4.79 Å². The Bertz CT molecular complexity index is 94.2. The fourth-order valence-electron chi connectivity index (χ4n) is 0.400. The maximum Gasteiger partial charge on any atom is 0.217 e. The van der Waals surface area contributed by atoms with Crippen LogP contribution in [-0.2, 0) is 4.79 Å². The van der Waals surface area contributed by atoms with Gasteiger partial charge in [0.25, 0.3) is 0 Å². The number of hydrogen-bond donors (Lipinski definition) is 3. The third-order valence-corrected chi connectivity index (χ3v) is 0.935. The van der Waals surface area contributed by atoms with Crippen molar-refractivity contribution in [2.75, 3.05) is 6.61 Å². The molecular weight excluding hydrogens is 122 g/mol. The molecule has 0 heterocycles. The summed E-state index contributed by atoms with van der Waals surface area (Å²) >= 11 is 0. The Labute approximate surface area is 53.3 Å². The molecule has 4 nitrogen and oxygen atoms in total. The zero-order chi connectivity index (χ0) is 7.28. The van der Waals surface area contributed by atoms with E-state index >= 15 is 0 Å². The van der Waals surface area contributed by atoms with Gasteiger partial charge in [-0.15, -0.1) is 0 Å². The second kappa shape index (κ2) is 4.29. The molecule has 4 N–H and O–H groups in total. The van der Waals surface area contributed by atoms with E-state index in [4.69, 9.17) is 15.9 Å². The Hall–Kier alpha value is -0.610. The molecule has 0 fully saturated rings. The maximum absolute atomic E-state index is 10.0. The molecule has 1 atom stereocenters. The Morgan fingerprint density at radius 1 is 1.67 bits per heavy atom. The van der Waals surface area contributed by atoms with Gasteiger partial charge in [0.15, 0.2) is 0 Å². The standard InChI is InChI=1S/C5H11NO3/c6-5(9)2-1-4(8)3-7/h4,7-8H,1-3H2,(H2,6,9)/t4-/m1/s1. The first kappa shape index (κ1) is 8.39. The molecule has 0 saturated heterocycles. The fourth-order valence-corrected chi connectivity index (χ4v) is 0.400. The third-order valence-electron chi connectivity index (χ3n) is 0.935. The molecule has 9 heavy (non-hydrogen) atoms. The average Bonchev–Trinajstić information content (AvgIpc) is 1.83. The Morgan fingerprint density at radius 2 is 2.22 bits per heavy atom. The van der Waals surface area contributed by atoms with Crippen LogP contribution in [0.3, 0.4) is 0 Å². The van der Waals surface area contributed by atoms with Crippen molar-refractivity contribution in [1.82, 2.24) is 0 Å². The number of aliphatic hydroxyl groups excluding tert-OH is 2. The smallest absolute Gasteiger partial charge is 0.217 e. The molecule has 0 aromatic heterocycles. The monoisotopic (exact) mass is 133 g/mol. The van der Waals surface area contributed by atoms with E-state index < -0.39 is 12.0 Å². The predicted octanol–water partition coefficient (Wildman–Crippen LogP) is -1.39. The summed E-state index contributed by atoms with van der Waals surface area (Å²) in [7, 11) is 0. The van der Waals surface area contributed by atoms with E-state index in [1.54, 1.807) is 0 Å². The molecule has 1 amide bonds. The van der Waals surface area contributed by atoms with Crippen LogP contribution in [-0.4, -0.2) is 28.8 Å². The molecule has 0 aromatic carbocycles. The molecule has 0 aliphatic rings. The highest BCUT2D eigenvalue weighted by Crippen LogP contribution is 1.93. The number of hydrogen-bond acceptors (Lipinski definition) is 3. The molecule has 54 valence electrons. The highest BCUT2D eigenvalue weighted by atomic mass is 16.3. The molecule has 0 spiro atoms. The van der Waals surface area contributed by atoms with E-state index in [0.29, 0.717) is 0 Å². The number of primary amides is 1. The van der Waals surface area contributed by atoms with Gasteiger partial charge in [-0.1, -0.05) is 0 Å². The summed E-state index contributed by atoms with van der Waals surface area (Å²) in [5.74, 6) is -0.456. The number of carbonyl (C=O) groups is 1. The van der Waals surface area contributed by atoms with Crippen molar-refractivity contribution in [3.05, 3.63) is 0 Å². The van der Waals surface area contributed by atoms with Gasteiger partial charge >= 0.3 is 0 Å². The van der Waals surface area contributed by atoms with Crippen LogP contribution in [0.5, 0.6) is 0 Å². The van der Waals surface area contributed by atoms with E-state index in [2.05, 4.69) is 0 Å². The summed E-state index contributed by atoms with van der Waals surface area (Å²) < 4.78 is 0. The molecule has 0 unspecified atom stereocenters. The van der Waals surface area contributed by atoms with Crippen molar-refractivity contribution in [3.63, 3.8) is 0 Å². The minimum Gasteiger partial charge on any atom is -0.394 e. The first-order valence-electron chi connectivity index (χ1n) is 2.74.